The minimum atomic E-state index is -0.501. The molecular formula is C17H24N2O5. The second-order valence-corrected chi connectivity index (χ2v) is 5.88. The summed E-state index contributed by atoms with van der Waals surface area (Å²) in [6.45, 7) is 1.02. The van der Waals surface area contributed by atoms with Gasteiger partial charge in [0.1, 0.15) is 5.75 Å². The Bertz CT molecular complexity index is 544. The molecule has 132 valence electrons. The highest BCUT2D eigenvalue weighted by Gasteiger charge is 2.13. The molecule has 24 heavy (non-hydrogen) atoms. The van der Waals surface area contributed by atoms with Crippen LogP contribution in [0.15, 0.2) is 24.3 Å². The average Bonchev–Trinajstić information content (AvgIpc) is 2.61. The normalized spacial score (nSPS) is 15.0. The number of nitrogens with zero attached hydrogens (tertiary/aromatic N) is 1. The van der Waals surface area contributed by atoms with E-state index >= 15 is 0 Å². The standard InChI is InChI=1S/C17H24N2O5/c20-17(13-24-16-9-4-6-14(12-16)19(21)22)18-10-5-11-23-15-7-2-1-3-8-15/h4,6,9,12,15H,1-3,5,7-8,10-11,13H2,(H,18,20). The van der Waals surface area contributed by atoms with Crippen LogP contribution in [0.1, 0.15) is 38.5 Å². The van der Waals surface area contributed by atoms with Crippen molar-refractivity contribution in [3.05, 3.63) is 34.4 Å². The number of ether oxygens (including phenoxy) is 2. The lowest BCUT2D eigenvalue weighted by Crippen LogP contribution is -2.30. The average molecular weight is 336 g/mol. The molecule has 1 N–H and O–H groups in total. The molecule has 0 radical (unpaired) electrons. The van der Waals surface area contributed by atoms with Crippen LogP contribution in [0.4, 0.5) is 5.69 Å². The summed E-state index contributed by atoms with van der Waals surface area (Å²) in [5.74, 6) is 0.0548. The van der Waals surface area contributed by atoms with Crippen LogP contribution in [0, 0.1) is 10.1 Å². The Morgan fingerprint density at radius 2 is 2.08 bits per heavy atom. The van der Waals surface area contributed by atoms with E-state index < -0.39 is 4.92 Å². The van der Waals surface area contributed by atoms with E-state index in [0.29, 0.717) is 25.0 Å². The van der Waals surface area contributed by atoms with Crippen molar-refractivity contribution in [3.8, 4) is 5.75 Å². The molecule has 1 aliphatic rings. The number of hydrogen-bond acceptors (Lipinski definition) is 5. The second kappa shape index (κ2) is 9.87. The van der Waals surface area contributed by atoms with Gasteiger partial charge in [-0.1, -0.05) is 25.3 Å². The fraction of sp³-hybridized carbons (Fsp3) is 0.588. The van der Waals surface area contributed by atoms with Crippen molar-refractivity contribution in [1.29, 1.82) is 0 Å². The first-order valence-electron chi connectivity index (χ1n) is 8.41. The van der Waals surface area contributed by atoms with Crippen LogP contribution in [0.5, 0.6) is 5.75 Å². The maximum Gasteiger partial charge on any atom is 0.273 e. The number of carbonyl (C=O) groups is 1. The molecule has 7 heteroatoms. The molecule has 1 aliphatic carbocycles. The SMILES string of the molecule is O=C(COc1cccc([N+](=O)[O-])c1)NCCCOC1CCCCC1. The molecule has 2 rings (SSSR count). The van der Waals surface area contributed by atoms with Gasteiger partial charge in [0.2, 0.25) is 0 Å². The molecule has 1 amide bonds. The van der Waals surface area contributed by atoms with Crippen LogP contribution in [0.2, 0.25) is 0 Å². The number of nitro benzene ring substituents is 1. The molecule has 0 heterocycles. The van der Waals surface area contributed by atoms with Crippen molar-refractivity contribution in [1.82, 2.24) is 5.32 Å². The molecule has 0 aliphatic heterocycles. The third-order valence-electron chi connectivity index (χ3n) is 3.95. The number of amides is 1. The summed E-state index contributed by atoms with van der Waals surface area (Å²) in [4.78, 5) is 21.9. The second-order valence-electron chi connectivity index (χ2n) is 5.88. The van der Waals surface area contributed by atoms with Gasteiger partial charge in [-0.3, -0.25) is 14.9 Å². The van der Waals surface area contributed by atoms with Gasteiger partial charge in [0.05, 0.1) is 17.1 Å². The van der Waals surface area contributed by atoms with Gasteiger partial charge in [-0.25, -0.2) is 0 Å². The lowest BCUT2D eigenvalue weighted by atomic mass is 9.98. The van der Waals surface area contributed by atoms with Crippen molar-refractivity contribution >= 4 is 11.6 Å². The van der Waals surface area contributed by atoms with E-state index in [1.807, 2.05) is 0 Å². The zero-order valence-electron chi connectivity index (χ0n) is 13.7. The topological polar surface area (TPSA) is 90.7 Å². The van der Waals surface area contributed by atoms with Crippen molar-refractivity contribution < 1.29 is 19.2 Å². The van der Waals surface area contributed by atoms with Gasteiger partial charge in [0.15, 0.2) is 6.61 Å². The summed E-state index contributed by atoms with van der Waals surface area (Å²) in [7, 11) is 0. The Kier molecular flexibility index (Phi) is 7.48. The van der Waals surface area contributed by atoms with E-state index in [1.54, 1.807) is 6.07 Å². The molecule has 1 aromatic carbocycles. The van der Waals surface area contributed by atoms with Crippen LogP contribution in [-0.4, -0.2) is 36.7 Å². The van der Waals surface area contributed by atoms with Crippen molar-refractivity contribution in [2.45, 2.75) is 44.6 Å². The molecule has 1 saturated carbocycles. The summed E-state index contributed by atoms with van der Waals surface area (Å²) in [6.07, 6.45) is 7.23. The third-order valence-corrected chi connectivity index (χ3v) is 3.95. The smallest absolute Gasteiger partial charge is 0.273 e. The molecule has 7 nitrogen and oxygen atoms in total. The molecule has 0 spiro atoms. The Labute approximate surface area is 141 Å². The molecule has 1 aromatic rings. The van der Waals surface area contributed by atoms with E-state index in [1.165, 1.54) is 37.5 Å². The van der Waals surface area contributed by atoms with Crippen molar-refractivity contribution in [3.63, 3.8) is 0 Å². The fourth-order valence-electron chi connectivity index (χ4n) is 2.67. The summed E-state index contributed by atoms with van der Waals surface area (Å²) in [5.41, 5.74) is -0.0623. The molecule has 0 atom stereocenters. The number of non-ortho nitro benzene ring substituents is 1. The van der Waals surface area contributed by atoms with E-state index in [4.69, 9.17) is 9.47 Å². The van der Waals surface area contributed by atoms with Crippen molar-refractivity contribution in [2.75, 3.05) is 19.8 Å². The third kappa shape index (κ3) is 6.54. The number of nitrogens with one attached hydrogen (secondary N) is 1. The Hall–Kier alpha value is -2.15. The van der Waals surface area contributed by atoms with Gasteiger partial charge in [-0.05, 0) is 25.3 Å². The van der Waals surface area contributed by atoms with Gasteiger partial charge in [-0.2, -0.15) is 0 Å². The van der Waals surface area contributed by atoms with Crippen LogP contribution in [-0.2, 0) is 9.53 Å². The highest BCUT2D eigenvalue weighted by Crippen LogP contribution is 2.20. The van der Waals surface area contributed by atoms with E-state index in [2.05, 4.69) is 5.32 Å². The summed E-state index contributed by atoms with van der Waals surface area (Å²) < 4.78 is 11.0. The molecular weight excluding hydrogens is 312 g/mol. The molecule has 0 bridgehead atoms. The minimum absolute atomic E-state index is 0.0623. The summed E-state index contributed by atoms with van der Waals surface area (Å²) in [5, 5.41) is 13.4. The van der Waals surface area contributed by atoms with Gasteiger partial charge in [0, 0.05) is 19.2 Å². The lowest BCUT2D eigenvalue weighted by molar-refractivity contribution is -0.384. The fourth-order valence-corrected chi connectivity index (χ4v) is 2.67. The zero-order chi connectivity index (χ0) is 17.2. The first-order chi connectivity index (χ1) is 11.6. The Balaban J connectivity index is 1.56. The van der Waals surface area contributed by atoms with Crippen LogP contribution in [0.25, 0.3) is 0 Å². The van der Waals surface area contributed by atoms with Crippen LogP contribution in [0.3, 0.4) is 0 Å². The Morgan fingerprint density at radius 1 is 1.29 bits per heavy atom. The first kappa shape index (κ1) is 18.2. The van der Waals surface area contributed by atoms with Gasteiger partial charge >= 0.3 is 0 Å². The number of carbonyl (C=O) groups excluding carboxylic acids is 1. The quantitative estimate of drug-likeness (QED) is 0.425. The molecule has 0 unspecified atom stereocenters. The zero-order valence-corrected chi connectivity index (χ0v) is 13.7. The van der Waals surface area contributed by atoms with Gasteiger partial charge in [0.25, 0.3) is 11.6 Å². The van der Waals surface area contributed by atoms with Gasteiger partial charge < -0.3 is 14.8 Å². The number of rotatable bonds is 9. The van der Waals surface area contributed by atoms with Crippen molar-refractivity contribution in [2.24, 2.45) is 0 Å². The summed E-state index contributed by atoms with van der Waals surface area (Å²) in [6, 6.07) is 5.77. The number of nitro groups is 1. The number of hydrogen-bond donors (Lipinski definition) is 1. The van der Waals surface area contributed by atoms with E-state index in [0.717, 1.165) is 19.3 Å². The largest absolute Gasteiger partial charge is 0.484 e. The molecule has 0 aromatic heterocycles. The monoisotopic (exact) mass is 336 g/mol. The summed E-state index contributed by atoms with van der Waals surface area (Å²) >= 11 is 0. The van der Waals surface area contributed by atoms with Crippen LogP contribution < -0.4 is 10.1 Å². The number of benzene rings is 1. The highest BCUT2D eigenvalue weighted by molar-refractivity contribution is 5.77. The Morgan fingerprint density at radius 3 is 2.83 bits per heavy atom. The highest BCUT2D eigenvalue weighted by atomic mass is 16.6. The van der Waals surface area contributed by atoms with E-state index in [-0.39, 0.29) is 18.2 Å². The molecule has 0 saturated heterocycles. The van der Waals surface area contributed by atoms with Gasteiger partial charge in [-0.15, -0.1) is 0 Å². The van der Waals surface area contributed by atoms with E-state index in [9.17, 15) is 14.9 Å². The first-order valence-corrected chi connectivity index (χ1v) is 8.41. The lowest BCUT2D eigenvalue weighted by Gasteiger charge is -2.21. The van der Waals surface area contributed by atoms with Crippen LogP contribution >= 0.6 is 0 Å². The molecule has 1 fully saturated rings. The predicted molar refractivity (Wildman–Crippen MR) is 89.0 cm³/mol. The predicted octanol–water partition coefficient (Wildman–Crippen LogP) is 2.83. The maximum atomic E-state index is 11.7. The minimum Gasteiger partial charge on any atom is -0.484 e. The maximum absolute atomic E-state index is 11.7.